The number of hydrogen-bond acceptors (Lipinski definition) is 5. The monoisotopic (exact) mass is 266 g/mol. The van der Waals surface area contributed by atoms with Crippen LogP contribution in [-0.4, -0.2) is 22.6 Å². The Morgan fingerprint density at radius 2 is 1.59 bits per heavy atom. The van der Waals surface area contributed by atoms with Gasteiger partial charge in [0.15, 0.2) is 0 Å². The Labute approximate surface area is 101 Å². The first-order valence-corrected chi connectivity index (χ1v) is 5.32. The van der Waals surface area contributed by atoms with E-state index in [2.05, 4.69) is 6.58 Å². The average Bonchev–Trinajstić information content (AvgIpc) is 2.06. The SMILES string of the molecule is C=CCc1ccccc1O.N.N.O=S(=O)(O)O. The van der Waals surface area contributed by atoms with Gasteiger partial charge >= 0.3 is 10.4 Å². The van der Waals surface area contributed by atoms with Crippen molar-refractivity contribution in [3.63, 3.8) is 0 Å². The van der Waals surface area contributed by atoms with Crippen LogP contribution in [0.15, 0.2) is 36.9 Å². The van der Waals surface area contributed by atoms with Crippen molar-refractivity contribution in [1.29, 1.82) is 0 Å². The number of para-hydroxylation sites is 1. The van der Waals surface area contributed by atoms with Crippen LogP contribution >= 0.6 is 0 Å². The van der Waals surface area contributed by atoms with Crippen molar-refractivity contribution in [3.05, 3.63) is 42.5 Å². The predicted molar refractivity (Wildman–Crippen MR) is 66.2 cm³/mol. The summed E-state index contributed by atoms with van der Waals surface area (Å²) in [4.78, 5) is 0. The number of phenols is 1. The van der Waals surface area contributed by atoms with Crippen LogP contribution in [0.25, 0.3) is 0 Å². The smallest absolute Gasteiger partial charge is 0.394 e. The minimum atomic E-state index is -4.67. The van der Waals surface area contributed by atoms with E-state index in [9.17, 15) is 5.11 Å². The molecule has 0 amide bonds. The van der Waals surface area contributed by atoms with Crippen molar-refractivity contribution in [2.75, 3.05) is 0 Å². The summed E-state index contributed by atoms with van der Waals surface area (Å²) in [6.45, 7) is 3.59. The predicted octanol–water partition coefficient (Wildman–Crippen LogP) is 1.79. The molecule has 0 aliphatic heterocycles. The van der Waals surface area contributed by atoms with Gasteiger partial charge in [0.1, 0.15) is 5.75 Å². The third-order valence-electron chi connectivity index (χ3n) is 1.36. The maximum atomic E-state index is 9.19. The first kappa shape index (κ1) is 20.9. The van der Waals surface area contributed by atoms with Gasteiger partial charge in [0.2, 0.25) is 0 Å². The lowest BCUT2D eigenvalue weighted by Gasteiger charge is -1.97. The Balaban J connectivity index is -0.000000247. The molecule has 0 saturated carbocycles. The van der Waals surface area contributed by atoms with Gasteiger partial charge in [-0.25, -0.2) is 0 Å². The molecule has 0 unspecified atom stereocenters. The maximum Gasteiger partial charge on any atom is 0.394 e. The van der Waals surface area contributed by atoms with Crippen molar-refractivity contribution in [2.24, 2.45) is 0 Å². The van der Waals surface area contributed by atoms with Crippen molar-refractivity contribution in [1.82, 2.24) is 12.3 Å². The van der Waals surface area contributed by atoms with Crippen LogP contribution in [0.5, 0.6) is 5.75 Å². The van der Waals surface area contributed by atoms with Crippen LogP contribution in [-0.2, 0) is 16.8 Å². The summed E-state index contributed by atoms with van der Waals surface area (Å²) >= 11 is 0. The Kier molecular flexibility index (Phi) is 12.0. The van der Waals surface area contributed by atoms with Gasteiger partial charge in [0.05, 0.1) is 0 Å². The van der Waals surface area contributed by atoms with Gasteiger partial charge in [-0.3, -0.25) is 9.11 Å². The van der Waals surface area contributed by atoms with E-state index >= 15 is 0 Å². The third-order valence-corrected chi connectivity index (χ3v) is 1.36. The first-order chi connectivity index (χ1) is 6.84. The fourth-order valence-corrected chi connectivity index (χ4v) is 0.839. The van der Waals surface area contributed by atoms with E-state index in [4.69, 9.17) is 17.5 Å². The zero-order chi connectivity index (χ0) is 11.9. The number of benzene rings is 1. The van der Waals surface area contributed by atoms with Gasteiger partial charge in [0.25, 0.3) is 0 Å². The largest absolute Gasteiger partial charge is 0.508 e. The van der Waals surface area contributed by atoms with Gasteiger partial charge in [-0.1, -0.05) is 24.3 Å². The summed E-state index contributed by atoms with van der Waals surface area (Å²) < 4.78 is 31.6. The van der Waals surface area contributed by atoms with E-state index in [1.165, 1.54) is 0 Å². The molecule has 0 aliphatic rings. The number of aromatic hydroxyl groups is 1. The van der Waals surface area contributed by atoms with Crippen LogP contribution in [0.1, 0.15) is 5.56 Å². The van der Waals surface area contributed by atoms with Gasteiger partial charge in [-0.2, -0.15) is 8.42 Å². The molecule has 0 radical (unpaired) electrons. The van der Waals surface area contributed by atoms with E-state index in [0.29, 0.717) is 5.75 Å². The quantitative estimate of drug-likeness (QED) is 0.402. The van der Waals surface area contributed by atoms with Crippen LogP contribution in [0.2, 0.25) is 0 Å². The Bertz CT molecular complexity index is 411. The number of hydrogen-bond donors (Lipinski definition) is 5. The first-order valence-electron chi connectivity index (χ1n) is 3.92. The molecule has 0 aliphatic carbocycles. The molecule has 0 aromatic heterocycles. The topological polar surface area (TPSA) is 165 Å². The molecule has 0 fully saturated rings. The van der Waals surface area contributed by atoms with Crippen LogP contribution in [0.4, 0.5) is 0 Å². The van der Waals surface area contributed by atoms with Crippen LogP contribution < -0.4 is 12.3 Å². The molecular weight excluding hydrogens is 248 g/mol. The maximum absolute atomic E-state index is 9.19. The van der Waals surface area contributed by atoms with E-state index in [0.717, 1.165) is 12.0 Å². The molecule has 0 spiro atoms. The van der Waals surface area contributed by atoms with Gasteiger partial charge in [-0.15, -0.1) is 6.58 Å². The summed E-state index contributed by atoms with van der Waals surface area (Å²) in [7, 11) is -4.67. The molecule has 8 heteroatoms. The molecule has 0 atom stereocenters. The second-order valence-corrected chi connectivity index (χ2v) is 3.47. The van der Waals surface area contributed by atoms with Crippen molar-refractivity contribution < 1.29 is 22.6 Å². The summed E-state index contributed by atoms with van der Waals surface area (Å²) in [6, 6.07) is 7.27. The minimum absolute atomic E-state index is 0. The lowest BCUT2D eigenvalue weighted by atomic mass is 10.1. The average molecular weight is 266 g/mol. The molecular formula is C9H18N2O5S. The second-order valence-electron chi connectivity index (χ2n) is 2.57. The van der Waals surface area contributed by atoms with E-state index in [1.54, 1.807) is 12.1 Å². The second kappa shape index (κ2) is 9.75. The highest BCUT2D eigenvalue weighted by molar-refractivity contribution is 7.79. The van der Waals surface area contributed by atoms with Gasteiger partial charge in [-0.05, 0) is 18.1 Å². The highest BCUT2D eigenvalue weighted by atomic mass is 32.3. The summed E-state index contributed by atoms with van der Waals surface area (Å²) in [6.07, 6.45) is 2.50. The van der Waals surface area contributed by atoms with E-state index in [-0.39, 0.29) is 12.3 Å². The highest BCUT2D eigenvalue weighted by Crippen LogP contribution is 2.15. The van der Waals surface area contributed by atoms with Gasteiger partial charge < -0.3 is 17.4 Å². The summed E-state index contributed by atoms with van der Waals surface area (Å²) in [5.41, 5.74) is 0.928. The third kappa shape index (κ3) is 14.6. The molecule has 1 rings (SSSR count). The Morgan fingerprint density at radius 1 is 1.18 bits per heavy atom. The number of phenolic OH excluding ortho intramolecular Hbond substituents is 1. The Morgan fingerprint density at radius 3 is 1.94 bits per heavy atom. The number of allylic oxidation sites excluding steroid dienone is 1. The van der Waals surface area contributed by atoms with Crippen molar-refractivity contribution >= 4 is 10.4 Å². The molecule has 17 heavy (non-hydrogen) atoms. The molecule has 1 aromatic carbocycles. The zero-order valence-corrected chi connectivity index (χ0v) is 10.1. The normalized spacial score (nSPS) is 8.82. The molecule has 1 aromatic rings. The van der Waals surface area contributed by atoms with E-state index < -0.39 is 10.4 Å². The zero-order valence-electron chi connectivity index (χ0n) is 9.28. The lowest BCUT2D eigenvalue weighted by molar-refractivity contribution is 0.381. The summed E-state index contributed by atoms with van der Waals surface area (Å²) in [5.74, 6) is 0.349. The minimum Gasteiger partial charge on any atom is -0.508 e. The van der Waals surface area contributed by atoms with Gasteiger partial charge in [0, 0.05) is 0 Å². The molecule has 0 heterocycles. The van der Waals surface area contributed by atoms with Crippen LogP contribution in [0, 0.1) is 0 Å². The summed E-state index contributed by atoms with van der Waals surface area (Å²) in [5, 5.41) is 9.19. The molecule has 9 N–H and O–H groups in total. The number of rotatable bonds is 2. The molecule has 0 saturated heterocycles. The van der Waals surface area contributed by atoms with Crippen LogP contribution in [0.3, 0.4) is 0 Å². The van der Waals surface area contributed by atoms with Crippen molar-refractivity contribution in [2.45, 2.75) is 6.42 Å². The Hall–Kier alpha value is -1.45. The fourth-order valence-electron chi connectivity index (χ4n) is 0.839. The highest BCUT2D eigenvalue weighted by Gasteiger charge is 1.93. The molecule has 7 nitrogen and oxygen atoms in total. The fraction of sp³-hybridized carbons (Fsp3) is 0.111. The standard InChI is InChI=1S/C9H10O.2H3N.H2O4S/c1-2-5-8-6-3-4-7-9(8)10;;;1-5(2,3)4/h2-4,6-7,10H,1,5H2;2*1H3;(H2,1,2,3,4). The molecule has 0 bridgehead atoms. The lowest BCUT2D eigenvalue weighted by Crippen LogP contribution is -1.89. The van der Waals surface area contributed by atoms with Crippen molar-refractivity contribution in [3.8, 4) is 5.75 Å². The van der Waals surface area contributed by atoms with E-state index in [1.807, 2.05) is 18.2 Å². The molecule has 100 valence electrons.